The Morgan fingerprint density at radius 2 is 1.96 bits per heavy atom. The fourth-order valence-electron chi connectivity index (χ4n) is 2.66. The molecule has 1 aliphatic rings. The molecular formula is C18H20N2O3. The number of hydrogen-bond donors (Lipinski definition) is 2. The monoisotopic (exact) mass is 312 g/mol. The third-order valence-corrected chi connectivity index (χ3v) is 3.82. The highest BCUT2D eigenvalue weighted by Crippen LogP contribution is 2.30. The molecular weight excluding hydrogens is 292 g/mol. The van der Waals surface area contributed by atoms with E-state index in [-0.39, 0.29) is 5.91 Å². The summed E-state index contributed by atoms with van der Waals surface area (Å²) in [4.78, 5) is 12.4. The van der Waals surface area contributed by atoms with Crippen LogP contribution in [-0.4, -0.2) is 19.6 Å². The van der Waals surface area contributed by atoms with E-state index in [9.17, 15) is 4.79 Å². The van der Waals surface area contributed by atoms with Crippen LogP contribution in [0.2, 0.25) is 0 Å². The van der Waals surface area contributed by atoms with Crippen LogP contribution in [0.25, 0.3) is 0 Å². The van der Waals surface area contributed by atoms with Crippen LogP contribution in [0.3, 0.4) is 0 Å². The summed E-state index contributed by atoms with van der Waals surface area (Å²) in [6, 6.07) is 11.2. The van der Waals surface area contributed by atoms with Crippen molar-refractivity contribution < 1.29 is 14.3 Å². The minimum absolute atomic E-state index is 0.133. The number of rotatable bonds is 5. The molecule has 5 nitrogen and oxygen atoms in total. The molecule has 0 bridgehead atoms. The Kier molecular flexibility index (Phi) is 4.48. The predicted octanol–water partition coefficient (Wildman–Crippen LogP) is 2.95. The fraction of sp³-hybridized carbons (Fsp3) is 0.278. The number of methoxy groups -OCH3 is 1. The molecule has 0 spiro atoms. The van der Waals surface area contributed by atoms with Gasteiger partial charge in [0.15, 0.2) is 11.5 Å². The molecule has 0 aromatic heterocycles. The largest absolute Gasteiger partial charge is 0.493 e. The van der Waals surface area contributed by atoms with Crippen LogP contribution < -0.4 is 20.1 Å². The van der Waals surface area contributed by atoms with Crippen molar-refractivity contribution in [2.75, 3.05) is 19.0 Å². The highest BCUT2D eigenvalue weighted by Gasteiger charge is 2.14. The highest BCUT2D eigenvalue weighted by atomic mass is 16.5. The van der Waals surface area contributed by atoms with E-state index in [0.29, 0.717) is 29.4 Å². The number of anilines is 1. The Balaban J connectivity index is 1.77. The highest BCUT2D eigenvalue weighted by molar-refractivity contribution is 6.04. The number of ether oxygens (including phenoxy) is 2. The molecule has 23 heavy (non-hydrogen) atoms. The summed E-state index contributed by atoms with van der Waals surface area (Å²) in [5.74, 6) is 1.13. The van der Waals surface area contributed by atoms with E-state index in [1.807, 2.05) is 25.1 Å². The van der Waals surface area contributed by atoms with Crippen molar-refractivity contribution in [1.82, 2.24) is 5.32 Å². The van der Waals surface area contributed by atoms with Gasteiger partial charge in [-0.2, -0.15) is 0 Å². The third kappa shape index (κ3) is 3.29. The lowest BCUT2D eigenvalue weighted by molar-refractivity contribution is 0.102. The van der Waals surface area contributed by atoms with E-state index in [4.69, 9.17) is 9.47 Å². The summed E-state index contributed by atoms with van der Waals surface area (Å²) in [5.41, 5.74) is 3.76. The first kappa shape index (κ1) is 15.4. The van der Waals surface area contributed by atoms with Gasteiger partial charge in [0.25, 0.3) is 5.91 Å². The van der Waals surface area contributed by atoms with E-state index in [1.165, 1.54) is 11.1 Å². The molecule has 1 amide bonds. The van der Waals surface area contributed by atoms with Crippen molar-refractivity contribution in [3.8, 4) is 11.5 Å². The van der Waals surface area contributed by atoms with Gasteiger partial charge in [0.05, 0.1) is 13.7 Å². The number of amides is 1. The zero-order valence-corrected chi connectivity index (χ0v) is 13.3. The molecule has 0 saturated carbocycles. The Bertz CT molecular complexity index is 728. The Morgan fingerprint density at radius 1 is 1.13 bits per heavy atom. The van der Waals surface area contributed by atoms with Gasteiger partial charge in [-0.05, 0) is 42.3 Å². The maximum atomic E-state index is 12.4. The van der Waals surface area contributed by atoms with Crippen molar-refractivity contribution in [2.24, 2.45) is 0 Å². The first-order valence-corrected chi connectivity index (χ1v) is 7.66. The molecule has 2 aromatic rings. The summed E-state index contributed by atoms with van der Waals surface area (Å²) in [6.45, 7) is 4.16. The van der Waals surface area contributed by atoms with Gasteiger partial charge in [-0.15, -0.1) is 0 Å². The van der Waals surface area contributed by atoms with Gasteiger partial charge in [-0.1, -0.05) is 6.07 Å². The molecule has 2 aromatic carbocycles. The van der Waals surface area contributed by atoms with Gasteiger partial charge >= 0.3 is 0 Å². The smallest absolute Gasteiger partial charge is 0.255 e. The van der Waals surface area contributed by atoms with Crippen LogP contribution >= 0.6 is 0 Å². The van der Waals surface area contributed by atoms with Crippen LogP contribution in [0.4, 0.5) is 5.69 Å². The third-order valence-electron chi connectivity index (χ3n) is 3.82. The second kappa shape index (κ2) is 6.71. The lowest BCUT2D eigenvalue weighted by Gasteiger charge is -2.12. The predicted molar refractivity (Wildman–Crippen MR) is 89.1 cm³/mol. The molecule has 0 fully saturated rings. The van der Waals surface area contributed by atoms with Crippen LogP contribution in [0, 0.1) is 0 Å². The second-order valence-electron chi connectivity index (χ2n) is 5.34. The quantitative estimate of drug-likeness (QED) is 0.891. The molecule has 1 aliphatic heterocycles. The molecule has 5 heteroatoms. The van der Waals surface area contributed by atoms with E-state index in [0.717, 1.165) is 13.1 Å². The van der Waals surface area contributed by atoms with Crippen molar-refractivity contribution in [2.45, 2.75) is 20.0 Å². The summed E-state index contributed by atoms with van der Waals surface area (Å²) >= 11 is 0. The molecule has 0 aliphatic carbocycles. The zero-order valence-electron chi connectivity index (χ0n) is 13.3. The SMILES string of the molecule is CCOc1ccc(NC(=O)c2ccc3c(c2)CNC3)cc1OC. The van der Waals surface area contributed by atoms with Crippen molar-refractivity contribution in [3.63, 3.8) is 0 Å². The van der Waals surface area contributed by atoms with Gasteiger partial charge in [0, 0.05) is 30.4 Å². The first-order chi connectivity index (χ1) is 11.2. The van der Waals surface area contributed by atoms with Gasteiger partial charge in [0.1, 0.15) is 0 Å². The average molecular weight is 312 g/mol. The molecule has 3 rings (SSSR count). The molecule has 2 N–H and O–H groups in total. The van der Waals surface area contributed by atoms with E-state index >= 15 is 0 Å². The van der Waals surface area contributed by atoms with Crippen LogP contribution in [-0.2, 0) is 13.1 Å². The van der Waals surface area contributed by atoms with Gasteiger partial charge in [-0.3, -0.25) is 4.79 Å². The maximum absolute atomic E-state index is 12.4. The summed E-state index contributed by atoms with van der Waals surface area (Å²) in [5, 5.41) is 6.17. The standard InChI is InChI=1S/C18H20N2O3/c1-3-23-16-7-6-15(9-17(16)22-2)20-18(21)12-4-5-13-10-19-11-14(13)8-12/h4-9,19H,3,10-11H2,1-2H3,(H,20,21). The first-order valence-electron chi connectivity index (χ1n) is 7.66. The number of nitrogens with one attached hydrogen (secondary N) is 2. The van der Waals surface area contributed by atoms with Gasteiger partial charge in [-0.25, -0.2) is 0 Å². The minimum Gasteiger partial charge on any atom is -0.493 e. The topological polar surface area (TPSA) is 59.6 Å². The molecule has 0 unspecified atom stereocenters. The summed E-state index contributed by atoms with van der Waals surface area (Å²) < 4.78 is 10.8. The minimum atomic E-state index is -0.133. The normalized spacial score (nSPS) is 12.6. The molecule has 1 heterocycles. The van der Waals surface area contributed by atoms with E-state index < -0.39 is 0 Å². The maximum Gasteiger partial charge on any atom is 0.255 e. The second-order valence-corrected chi connectivity index (χ2v) is 5.34. The summed E-state index contributed by atoms with van der Waals surface area (Å²) in [6.07, 6.45) is 0. The summed E-state index contributed by atoms with van der Waals surface area (Å²) in [7, 11) is 1.58. The number of fused-ring (bicyclic) bond motifs is 1. The number of carbonyl (C=O) groups excluding carboxylic acids is 1. The molecule has 0 saturated heterocycles. The van der Waals surface area contributed by atoms with Crippen molar-refractivity contribution in [3.05, 3.63) is 53.1 Å². The van der Waals surface area contributed by atoms with Crippen LogP contribution in [0.5, 0.6) is 11.5 Å². The molecule has 0 radical (unpaired) electrons. The number of hydrogen-bond acceptors (Lipinski definition) is 4. The number of benzene rings is 2. The Hall–Kier alpha value is -2.53. The lowest BCUT2D eigenvalue weighted by Crippen LogP contribution is -2.12. The average Bonchev–Trinajstić information content (AvgIpc) is 3.04. The zero-order chi connectivity index (χ0) is 16.2. The van der Waals surface area contributed by atoms with Gasteiger partial charge in [0.2, 0.25) is 0 Å². The van der Waals surface area contributed by atoms with E-state index in [2.05, 4.69) is 10.6 Å². The molecule has 0 atom stereocenters. The van der Waals surface area contributed by atoms with Crippen molar-refractivity contribution >= 4 is 11.6 Å². The number of carbonyl (C=O) groups is 1. The lowest BCUT2D eigenvalue weighted by atomic mass is 10.1. The Morgan fingerprint density at radius 3 is 2.74 bits per heavy atom. The van der Waals surface area contributed by atoms with Gasteiger partial charge < -0.3 is 20.1 Å². The van der Waals surface area contributed by atoms with Crippen molar-refractivity contribution in [1.29, 1.82) is 0 Å². The molecule has 120 valence electrons. The van der Waals surface area contributed by atoms with Crippen LogP contribution in [0.15, 0.2) is 36.4 Å². The fourth-order valence-corrected chi connectivity index (χ4v) is 2.66. The van der Waals surface area contributed by atoms with E-state index in [1.54, 1.807) is 25.3 Å². The van der Waals surface area contributed by atoms with Crippen LogP contribution in [0.1, 0.15) is 28.4 Å². The Labute approximate surface area is 135 Å².